The molecular formula is C13H35NO. The second-order valence-corrected chi connectivity index (χ2v) is 2.99. The van der Waals surface area contributed by atoms with Crippen LogP contribution in [0.4, 0.5) is 0 Å². The van der Waals surface area contributed by atoms with E-state index in [1.54, 1.807) is 0 Å². The predicted octanol–water partition coefficient (Wildman–Crippen LogP) is 3.97. The zero-order chi connectivity index (χ0) is 12.4. The first-order valence-corrected chi connectivity index (χ1v) is 6.72. The van der Waals surface area contributed by atoms with Gasteiger partial charge < -0.3 is 10.8 Å². The Kier molecular flexibility index (Phi) is 39.6. The molecule has 0 aromatic carbocycles. The second-order valence-electron chi connectivity index (χ2n) is 2.99. The third-order valence-electron chi connectivity index (χ3n) is 1.86. The summed E-state index contributed by atoms with van der Waals surface area (Å²) in [5.41, 5.74) is 5.36. The molecule has 0 aliphatic heterocycles. The van der Waals surface area contributed by atoms with Crippen molar-refractivity contribution in [3.05, 3.63) is 0 Å². The fourth-order valence-corrected chi connectivity index (χ4v) is 1.14. The Bertz CT molecular complexity index is 65.0. The van der Waals surface area contributed by atoms with Gasteiger partial charge in [0.1, 0.15) is 0 Å². The summed E-state index contributed by atoms with van der Waals surface area (Å²) >= 11 is 0. The highest BCUT2D eigenvalue weighted by atomic mass is 16.2. The fraction of sp³-hybridized carbons (Fsp3) is 1.00. The zero-order valence-electron chi connectivity index (χ0n) is 11.4. The number of nitrogens with two attached hydrogens (primary N) is 1. The first kappa shape index (κ1) is 20.3. The van der Waals surface area contributed by atoms with Gasteiger partial charge >= 0.3 is 0 Å². The molecule has 2 nitrogen and oxygen atoms in total. The molecule has 0 heterocycles. The molecule has 0 aromatic rings. The number of aliphatic hydroxyl groups is 1. The molecule has 0 unspecified atom stereocenters. The van der Waals surface area contributed by atoms with Gasteiger partial charge in [-0.1, -0.05) is 59.8 Å². The lowest BCUT2D eigenvalue weighted by Gasteiger charge is -1.98. The van der Waals surface area contributed by atoms with Crippen molar-refractivity contribution in [3.8, 4) is 0 Å². The van der Waals surface area contributed by atoms with Crippen LogP contribution in [-0.4, -0.2) is 18.3 Å². The number of aliphatic hydroxyl groups excluding tert-OH is 1. The van der Waals surface area contributed by atoms with E-state index >= 15 is 0 Å². The van der Waals surface area contributed by atoms with Crippen molar-refractivity contribution < 1.29 is 6.53 Å². The number of rotatable bonds is 8. The van der Waals surface area contributed by atoms with Crippen LogP contribution in [0.15, 0.2) is 0 Å². The molecule has 0 amide bonds. The van der Waals surface area contributed by atoms with E-state index in [1.165, 1.54) is 38.5 Å². The number of hydrogen-bond acceptors (Lipinski definition) is 2. The van der Waals surface area contributed by atoms with Gasteiger partial charge in [0, 0.05) is 8.03 Å². The molecule has 0 spiro atoms. The summed E-state index contributed by atoms with van der Waals surface area (Å²) in [4.78, 5) is 0. The molecule has 98 valence electrons. The van der Waals surface area contributed by atoms with E-state index in [0.29, 0.717) is 6.61 Å². The summed E-state index contributed by atoms with van der Waals surface area (Å²) in [5.74, 6) is 0. The molecule has 3 N–H and O–H groups in total. The Morgan fingerprint density at radius 3 is 1.40 bits per heavy atom. The third-order valence-corrected chi connectivity index (χ3v) is 1.86. The molecule has 0 aliphatic rings. The van der Waals surface area contributed by atoms with Gasteiger partial charge in [-0.05, 0) is 19.4 Å². The van der Waals surface area contributed by atoms with Crippen LogP contribution in [0.2, 0.25) is 0 Å². The molecule has 0 saturated carbocycles. The summed E-state index contributed by atoms with van der Waals surface area (Å²) in [6.45, 7) is 9.18. The SMILES string of the molecule is CC.CC.NCCCCCCCCCO.[HH]. The molecule has 0 rings (SSSR count). The van der Waals surface area contributed by atoms with Crippen molar-refractivity contribution in [1.82, 2.24) is 0 Å². The van der Waals surface area contributed by atoms with E-state index in [2.05, 4.69) is 0 Å². The van der Waals surface area contributed by atoms with Gasteiger partial charge in [-0.15, -0.1) is 0 Å². The quantitative estimate of drug-likeness (QED) is 0.609. The summed E-state index contributed by atoms with van der Waals surface area (Å²) in [7, 11) is 0. The van der Waals surface area contributed by atoms with Crippen molar-refractivity contribution in [3.63, 3.8) is 0 Å². The molecule has 0 saturated heterocycles. The lowest BCUT2D eigenvalue weighted by Crippen LogP contribution is -1.97. The highest BCUT2D eigenvalue weighted by molar-refractivity contribution is 4.45. The summed E-state index contributed by atoms with van der Waals surface area (Å²) in [5, 5.41) is 8.49. The summed E-state index contributed by atoms with van der Waals surface area (Å²) in [6.07, 6.45) is 8.47. The van der Waals surface area contributed by atoms with E-state index in [4.69, 9.17) is 10.8 Å². The first-order valence-electron chi connectivity index (χ1n) is 6.72. The van der Waals surface area contributed by atoms with Gasteiger partial charge in [0.2, 0.25) is 0 Å². The third kappa shape index (κ3) is 31.5. The molecule has 2 heteroatoms. The van der Waals surface area contributed by atoms with Crippen LogP contribution in [0.25, 0.3) is 0 Å². The highest BCUT2D eigenvalue weighted by Crippen LogP contribution is 2.05. The van der Waals surface area contributed by atoms with Crippen LogP contribution >= 0.6 is 0 Å². The smallest absolute Gasteiger partial charge is 0.0431 e. The highest BCUT2D eigenvalue weighted by Gasteiger charge is 1.89. The van der Waals surface area contributed by atoms with Gasteiger partial charge in [0.15, 0.2) is 0 Å². The van der Waals surface area contributed by atoms with Gasteiger partial charge in [-0.3, -0.25) is 0 Å². The summed E-state index contributed by atoms with van der Waals surface area (Å²) in [6, 6.07) is 0. The lowest BCUT2D eigenvalue weighted by molar-refractivity contribution is 0.282. The van der Waals surface area contributed by atoms with Crippen molar-refractivity contribution >= 4 is 0 Å². The average Bonchev–Trinajstić information content (AvgIpc) is 2.33. The first-order chi connectivity index (χ1) is 7.41. The van der Waals surface area contributed by atoms with Gasteiger partial charge in [0.05, 0.1) is 0 Å². The number of hydrogen-bond donors (Lipinski definition) is 2. The van der Waals surface area contributed by atoms with E-state index < -0.39 is 0 Å². The van der Waals surface area contributed by atoms with E-state index in [-0.39, 0.29) is 1.43 Å². The largest absolute Gasteiger partial charge is 0.396 e. The summed E-state index contributed by atoms with van der Waals surface area (Å²) < 4.78 is 0. The molecule has 0 atom stereocenters. The fourth-order valence-electron chi connectivity index (χ4n) is 1.14. The normalized spacial score (nSPS) is 8.40. The van der Waals surface area contributed by atoms with Crippen molar-refractivity contribution in [2.24, 2.45) is 5.73 Å². The van der Waals surface area contributed by atoms with E-state index in [1.807, 2.05) is 27.7 Å². The second kappa shape index (κ2) is 29.2. The van der Waals surface area contributed by atoms with Crippen LogP contribution in [-0.2, 0) is 0 Å². The van der Waals surface area contributed by atoms with Gasteiger partial charge in [-0.25, -0.2) is 0 Å². The standard InChI is InChI=1S/C9H21NO.2C2H6.H2/c10-8-6-4-2-1-3-5-7-9-11;2*1-2;/h11H,1-10H2;2*1-2H3;1H. The zero-order valence-corrected chi connectivity index (χ0v) is 11.4. The maximum absolute atomic E-state index is 8.49. The van der Waals surface area contributed by atoms with E-state index in [0.717, 1.165) is 13.0 Å². The molecule has 15 heavy (non-hydrogen) atoms. The molecule has 0 aromatic heterocycles. The predicted molar refractivity (Wildman–Crippen MR) is 73.3 cm³/mol. The van der Waals surface area contributed by atoms with Crippen molar-refractivity contribution in [2.75, 3.05) is 13.2 Å². The van der Waals surface area contributed by atoms with Crippen LogP contribution in [0.1, 0.15) is 74.1 Å². The van der Waals surface area contributed by atoms with Crippen LogP contribution < -0.4 is 5.73 Å². The topological polar surface area (TPSA) is 46.2 Å². The molecular weight excluding hydrogens is 186 g/mol. The lowest BCUT2D eigenvalue weighted by atomic mass is 10.1. The molecule has 0 bridgehead atoms. The van der Waals surface area contributed by atoms with Crippen molar-refractivity contribution in [1.29, 1.82) is 0 Å². The Morgan fingerprint density at radius 2 is 1.07 bits per heavy atom. The monoisotopic (exact) mass is 221 g/mol. The van der Waals surface area contributed by atoms with E-state index in [9.17, 15) is 0 Å². The van der Waals surface area contributed by atoms with Crippen molar-refractivity contribution in [2.45, 2.75) is 72.6 Å². The van der Waals surface area contributed by atoms with Crippen LogP contribution in [0.3, 0.4) is 0 Å². The molecule has 0 fully saturated rings. The maximum atomic E-state index is 8.49. The van der Waals surface area contributed by atoms with Gasteiger partial charge in [0.25, 0.3) is 0 Å². The maximum Gasteiger partial charge on any atom is 0.0431 e. The number of unbranched alkanes of at least 4 members (excludes halogenated alkanes) is 6. The minimum atomic E-state index is 0. The Hall–Kier alpha value is -0.0800. The molecule has 0 radical (unpaired) electrons. The Morgan fingerprint density at radius 1 is 0.733 bits per heavy atom. The Labute approximate surface area is 98.7 Å². The Balaban J connectivity index is -0.000000129. The van der Waals surface area contributed by atoms with Gasteiger partial charge in [-0.2, -0.15) is 0 Å². The molecule has 0 aliphatic carbocycles. The van der Waals surface area contributed by atoms with Crippen LogP contribution in [0, 0.1) is 0 Å². The minimum Gasteiger partial charge on any atom is -0.396 e. The minimum absolute atomic E-state index is 0. The average molecular weight is 221 g/mol. The van der Waals surface area contributed by atoms with Crippen LogP contribution in [0.5, 0.6) is 0 Å².